The summed E-state index contributed by atoms with van der Waals surface area (Å²) in [5.74, 6) is 2.59. The van der Waals surface area contributed by atoms with E-state index in [1.54, 1.807) is 6.08 Å². The second-order valence-corrected chi connectivity index (χ2v) is 12.1. The SMILES string of the molecule is CCc1cnc(N2CCC(COc3ccc(C4=CCC(C(=O)N5CCN(C(=O)C=C(C)C)CC5)CC4)cc3)CC2)nc1. The molecule has 1 unspecified atom stereocenters. The molecule has 0 N–H and O–H groups in total. The normalized spacial score (nSPS) is 19.7. The first-order valence-electron chi connectivity index (χ1n) is 15.6. The number of carbonyl (C=O) groups excluding carboxylic acids is 2. The highest BCUT2D eigenvalue weighted by molar-refractivity contribution is 5.88. The fraction of sp³-hybridized carbons (Fsp3) is 0.529. The van der Waals surface area contributed by atoms with Crippen LogP contribution in [0.2, 0.25) is 0 Å². The molecule has 2 aliphatic heterocycles. The zero-order valence-electron chi connectivity index (χ0n) is 25.4. The summed E-state index contributed by atoms with van der Waals surface area (Å²) in [5.41, 5.74) is 4.69. The summed E-state index contributed by atoms with van der Waals surface area (Å²) in [5, 5.41) is 0. The van der Waals surface area contributed by atoms with Gasteiger partial charge in [0.05, 0.1) is 6.61 Å². The van der Waals surface area contributed by atoms with Crippen molar-refractivity contribution < 1.29 is 14.3 Å². The number of allylic oxidation sites excluding steroid dienone is 3. The molecule has 0 spiro atoms. The lowest BCUT2D eigenvalue weighted by Gasteiger charge is -2.36. The van der Waals surface area contributed by atoms with E-state index >= 15 is 0 Å². The molecule has 3 heterocycles. The van der Waals surface area contributed by atoms with Crippen LogP contribution in [0, 0.1) is 11.8 Å². The lowest BCUT2D eigenvalue weighted by Crippen LogP contribution is -2.51. The van der Waals surface area contributed by atoms with E-state index in [1.165, 1.54) is 16.7 Å². The molecular formula is C34H45N5O3. The minimum absolute atomic E-state index is 0.0325. The molecule has 0 saturated carbocycles. The van der Waals surface area contributed by atoms with Gasteiger partial charge in [-0.1, -0.05) is 30.7 Å². The predicted octanol–water partition coefficient (Wildman–Crippen LogP) is 5.15. The quantitative estimate of drug-likeness (QED) is 0.408. The van der Waals surface area contributed by atoms with Crippen molar-refractivity contribution in [3.8, 4) is 5.75 Å². The summed E-state index contributed by atoms with van der Waals surface area (Å²) in [6, 6.07) is 8.43. The van der Waals surface area contributed by atoms with Gasteiger partial charge in [-0.2, -0.15) is 0 Å². The van der Waals surface area contributed by atoms with Gasteiger partial charge >= 0.3 is 0 Å². The third-order valence-electron chi connectivity index (χ3n) is 8.78. The first kappa shape index (κ1) is 29.8. The van der Waals surface area contributed by atoms with E-state index in [0.717, 1.165) is 75.5 Å². The molecule has 1 aromatic carbocycles. The minimum atomic E-state index is 0.0325. The van der Waals surface area contributed by atoms with Gasteiger partial charge in [-0.05, 0) is 87.1 Å². The Hall–Kier alpha value is -3.68. The number of piperidine rings is 1. The number of rotatable bonds is 8. The van der Waals surface area contributed by atoms with Gasteiger partial charge in [0, 0.05) is 63.7 Å². The van der Waals surface area contributed by atoms with E-state index < -0.39 is 0 Å². The molecule has 0 bridgehead atoms. The highest BCUT2D eigenvalue weighted by Gasteiger charge is 2.30. The largest absolute Gasteiger partial charge is 0.493 e. The Balaban J connectivity index is 1.04. The Morgan fingerprint density at radius 2 is 1.60 bits per heavy atom. The maximum atomic E-state index is 13.2. The fourth-order valence-electron chi connectivity index (χ4n) is 6.04. The average molecular weight is 572 g/mol. The number of anilines is 1. The molecule has 1 aromatic heterocycles. The highest BCUT2D eigenvalue weighted by Crippen LogP contribution is 2.32. The standard InChI is InChI=1S/C34H45N5O3/c1-4-26-22-35-34(36-23-26)39-15-13-27(14-16-39)24-42-31-11-9-29(10-12-31)28-5-7-30(8-6-28)33(41)38-19-17-37(18-20-38)32(40)21-25(2)3/h5,9-12,21-23,27,30H,4,6-8,13-20,24H2,1-3H3. The maximum Gasteiger partial charge on any atom is 0.246 e. The van der Waals surface area contributed by atoms with Crippen LogP contribution in [0.5, 0.6) is 5.75 Å². The number of benzene rings is 1. The van der Waals surface area contributed by atoms with Crippen molar-refractivity contribution in [2.75, 3.05) is 50.8 Å². The van der Waals surface area contributed by atoms with Crippen LogP contribution >= 0.6 is 0 Å². The van der Waals surface area contributed by atoms with Crippen molar-refractivity contribution in [1.29, 1.82) is 0 Å². The minimum Gasteiger partial charge on any atom is -0.493 e. The zero-order chi connectivity index (χ0) is 29.5. The number of ether oxygens (including phenoxy) is 1. The number of aromatic nitrogens is 2. The van der Waals surface area contributed by atoms with Crippen molar-refractivity contribution in [1.82, 2.24) is 19.8 Å². The molecule has 5 rings (SSSR count). The summed E-state index contributed by atoms with van der Waals surface area (Å²) >= 11 is 0. The van der Waals surface area contributed by atoms with Gasteiger partial charge in [-0.3, -0.25) is 9.59 Å². The maximum absolute atomic E-state index is 13.2. The van der Waals surface area contributed by atoms with Gasteiger partial charge in [0.1, 0.15) is 5.75 Å². The van der Waals surface area contributed by atoms with Crippen molar-refractivity contribution >= 4 is 23.3 Å². The van der Waals surface area contributed by atoms with Gasteiger partial charge in [0.25, 0.3) is 0 Å². The lowest BCUT2D eigenvalue weighted by molar-refractivity contribution is -0.140. The third-order valence-corrected chi connectivity index (χ3v) is 8.78. The van der Waals surface area contributed by atoms with E-state index in [9.17, 15) is 9.59 Å². The van der Waals surface area contributed by atoms with Crippen LogP contribution in [0.1, 0.15) is 64.0 Å². The van der Waals surface area contributed by atoms with Crippen LogP contribution in [0.15, 0.2) is 54.4 Å². The molecule has 1 aliphatic carbocycles. The molecule has 8 heteroatoms. The number of carbonyl (C=O) groups is 2. The summed E-state index contributed by atoms with van der Waals surface area (Å²) < 4.78 is 6.17. The molecule has 224 valence electrons. The summed E-state index contributed by atoms with van der Waals surface area (Å²) in [7, 11) is 0. The molecular weight excluding hydrogens is 526 g/mol. The summed E-state index contributed by atoms with van der Waals surface area (Å²) in [6.45, 7) is 11.1. The van der Waals surface area contributed by atoms with Crippen LogP contribution in [0.4, 0.5) is 5.95 Å². The Morgan fingerprint density at radius 1 is 0.929 bits per heavy atom. The Morgan fingerprint density at radius 3 is 2.19 bits per heavy atom. The van der Waals surface area contributed by atoms with Gasteiger partial charge < -0.3 is 19.4 Å². The topological polar surface area (TPSA) is 78.9 Å². The van der Waals surface area contributed by atoms with Gasteiger partial charge in [0.2, 0.25) is 17.8 Å². The first-order chi connectivity index (χ1) is 20.4. The van der Waals surface area contributed by atoms with Gasteiger partial charge in [0.15, 0.2) is 0 Å². The molecule has 2 amide bonds. The fourth-order valence-corrected chi connectivity index (χ4v) is 6.04. The van der Waals surface area contributed by atoms with Crippen molar-refractivity contribution in [2.24, 2.45) is 11.8 Å². The molecule has 2 aromatic rings. The monoisotopic (exact) mass is 571 g/mol. The van der Waals surface area contributed by atoms with E-state index in [0.29, 0.717) is 32.1 Å². The third kappa shape index (κ3) is 7.58. The zero-order valence-corrected chi connectivity index (χ0v) is 25.4. The molecule has 2 fully saturated rings. The highest BCUT2D eigenvalue weighted by atomic mass is 16.5. The summed E-state index contributed by atoms with van der Waals surface area (Å²) in [4.78, 5) is 40.6. The molecule has 3 aliphatic rings. The molecule has 2 saturated heterocycles. The molecule has 1 atom stereocenters. The van der Waals surface area contributed by atoms with Crippen LogP contribution in [-0.2, 0) is 16.0 Å². The van der Waals surface area contributed by atoms with E-state index in [2.05, 4.69) is 52.1 Å². The van der Waals surface area contributed by atoms with Crippen LogP contribution in [0.25, 0.3) is 5.57 Å². The number of amides is 2. The Kier molecular flexibility index (Phi) is 9.93. The average Bonchev–Trinajstić information content (AvgIpc) is 3.04. The predicted molar refractivity (Wildman–Crippen MR) is 166 cm³/mol. The van der Waals surface area contributed by atoms with E-state index in [4.69, 9.17) is 4.74 Å². The second-order valence-electron chi connectivity index (χ2n) is 12.1. The number of nitrogens with zero attached hydrogens (tertiary/aromatic N) is 5. The van der Waals surface area contributed by atoms with Gasteiger partial charge in [-0.25, -0.2) is 9.97 Å². The Labute approximate surface area is 250 Å². The first-order valence-corrected chi connectivity index (χ1v) is 15.6. The smallest absolute Gasteiger partial charge is 0.246 e. The van der Waals surface area contributed by atoms with Crippen molar-refractivity contribution in [2.45, 2.75) is 59.3 Å². The van der Waals surface area contributed by atoms with Crippen LogP contribution in [0.3, 0.4) is 0 Å². The Bertz CT molecular complexity index is 1270. The van der Waals surface area contributed by atoms with Gasteiger partial charge in [-0.15, -0.1) is 0 Å². The van der Waals surface area contributed by atoms with Crippen molar-refractivity contribution in [3.05, 3.63) is 65.5 Å². The van der Waals surface area contributed by atoms with E-state index in [1.807, 2.05) is 36.0 Å². The van der Waals surface area contributed by atoms with E-state index in [-0.39, 0.29) is 17.7 Å². The number of piperazine rings is 1. The van der Waals surface area contributed by atoms with Crippen molar-refractivity contribution in [3.63, 3.8) is 0 Å². The molecule has 0 radical (unpaired) electrons. The summed E-state index contributed by atoms with van der Waals surface area (Å²) in [6.07, 6.45) is 13.4. The number of hydrogen-bond acceptors (Lipinski definition) is 6. The van der Waals surface area contributed by atoms with Crippen LogP contribution < -0.4 is 9.64 Å². The molecule has 8 nitrogen and oxygen atoms in total. The van der Waals surface area contributed by atoms with Crippen LogP contribution in [-0.4, -0.2) is 77.5 Å². The second kappa shape index (κ2) is 14.0. The lowest BCUT2D eigenvalue weighted by atomic mass is 9.85. The molecule has 42 heavy (non-hydrogen) atoms. The number of aryl methyl sites for hydroxylation is 1. The number of hydrogen-bond donors (Lipinski definition) is 0.